The summed E-state index contributed by atoms with van der Waals surface area (Å²) in [5.74, 6) is 0.436. The van der Waals surface area contributed by atoms with Crippen LogP contribution in [-0.4, -0.2) is 25.1 Å². The molecule has 0 radical (unpaired) electrons. The molecule has 0 aromatic heterocycles. The molecule has 0 fully saturated rings. The summed E-state index contributed by atoms with van der Waals surface area (Å²) in [5, 5.41) is 9.07. The van der Waals surface area contributed by atoms with Crippen molar-refractivity contribution < 1.29 is 24.0 Å². The van der Waals surface area contributed by atoms with Crippen LogP contribution in [0.1, 0.15) is 15.9 Å². The second-order valence-corrected chi connectivity index (χ2v) is 5.08. The molecule has 1 aliphatic heterocycles. The van der Waals surface area contributed by atoms with Gasteiger partial charge in [-0.15, -0.1) is 0 Å². The first-order chi connectivity index (χ1) is 10.6. The lowest BCUT2D eigenvalue weighted by atomic mass is 9.64. The quantitative estimate of drug-likeness (QED) is 0.879. The van der Waals surface area contributed by atoms with Gasteiger partial charge >= 0.3 is 12.9 Å². The Morgan fingerprint density at radius 1 is 1.23 bits per heavy atom. The van der Waals surface area contributed by atoms with E-state index in [0.29, 0.717) is 18.1 Å². The summed E-state index contributed by atoms with van der Waals surface area (Å²) in [4.78, 5) is 11.1. The fourth-order valence-electron chi connectivity index (χ4n) is 2.52. The summed E-state index contributed by atoms with van der Waals surface area (Å²) in [7, 11) is 1.43. The summed E-state index contributed by atoms with van der Waals surface area (Å²) < 4.78 is 16.4. The SMILES string of the molecule is COc1cc(Oc2ccc3c(c2)COB3C)ccc1C(=O)O. The van der Waals surface area contributed by atoms with Gasteiger partial charge in [-0.25, -0.2) is 4.79 Å². The van der Waals surface area contributed by atoms with E-state index in [1.54, 1.807) is 12.1 Å². The van der Waals surface area contributed by atoms with Crippen LogP contribution in [-0.2, 0) is 11.3 Å². The van der Waals surface area contributed by atoms with Crippen LogP contribution in [0.15, 0.2) is 36.4 Å². The van der Waals surface area contributed by atoms with Gasteiger partial charge < -0.3 is 19.2 Å². The smallest absolute Gasteiger partial charge is 0.339 e. The molecule has 0 spiro atoms. The summed E-state index contributed by atoms with van der Waals surface area (Å²) in [6, 6.07) is 10.5. The van der Waals surface area contributed by atoms with Crippen molar-refractivity contribution in [2.45, 2.75) is 13.4 Å². The van der Waals surface area contributed by atoms with Gasteiger partial charge in [-0.2, -0.15) is 0 Å². The highest BCUT2D eigenvalue weighted by Crippen LogP contribution is 2.29. The molecule has 2 aromatic rings. The molecule has 0 saturated carbocycles. The van der Waals surface area contributed by atoms with Crippen molar-refractivity contribution in [3.63, 3.8) is 0 Å². The van der Waals surface area contributed by atoms with Gasteiger partial charge in [0.15, 0.2) is 0 Å². The molecule has 0 aliphatic carbocycles. The third-order valence-electron chi connectivity index (χ3n) is 3.68. The monoisotopic (exact) mass is 298 g/mol. The number of benzene rings is 2. The Hall–Kier alpha value is -2.47. The van der Waals surface area contributed by atoms with Gasteiger partial charge in [-0.05, 0) is 35.3 Å². The second-order valence-electron chi connectivity index (χ2n) is 5.08. The first-order valence-electron chi connectivity index (χ1n) is 6.92. The van der Waals surface area contributed by atoms with E-state index in [-0.39, 0.29) is 18.2 Å². The summed E-state index contributed by atoms with van der Waals surface area (Å²) >= 11 is 0. The first kappa shape index (κ1) is 14.5. The number of ether oxygens (including phenoxy) is 2. The van der Waals surface area contributed by atoms with Gasteiger partial charge in [-0.3, -0.25) is 0 Å². The zero-order valence-corrected chi connectivity index (χ0v) is 12.3. The van der Waals surface area contributed by atoms with Crippen molar-refractivity contribution in [1.29, 1.82) is 0 Å². The predicted octanol–water partition coefficient (Wildman–Crippen LogP) is 2.54. The minimum absolute atomic E-state index is 0.103. The average molecular weight is 298 g/mol. The number of hydrogen-bond donors (Lipinski definition) is 1. The van der Waals surface area contributed by atoms with E-state index in [9.17, 15) is 4.79 Å². The molecule has 6 heteroatoms. The van der Waals surface area contributed by atoms with Crippen molar-refractivity contribution in [3.05, 3.63) is 47.5 Å². The number of rotatable bonds is 4. The fourth-order valence-corrected chi connectivity index (χ4v) is 2.52. The minimum Gasteiger partial charge on any atom is -0.496 e. The molecule has 0 bridgehead atoms. The molecule has 1 aliphatic rings. The highest BCUT2D eigenvalue weighted by Gasteiger charge is 2.23. The molecular formula is C16H15BO5. The number of hydrogen-bond acceptors (Lipinski definition) is 4. The van der Waals surface area contributed by atoms with E-state index in [1.165, 1.54) is 18.6 Å². The summed E-state index contributed by atoms with van der Waals surface area (Å²) in [6.07, 6.45) is 0. The number of methoxy groups -OCH3 is 1. The third kappa shape index (κ3) is 2.65. The fraction of sp³-hybridized carbons (Fsp3) is 0.188. The Bertz CT molecular complexity index is 728. The molecule has 5 nitrogen and oxygen atoms in total. The lowest BCUT2D eigenvalue weighted by Gasteiger charge is -2.10. The molecule has 22 heavy (non-hydrogen) atoms. The number of carbonyl (C=O) groups is 1. The molecule has 0 amide bonds. The molecular weight excluding hydrogens is 283 g/mol. The molecule has 1 N–H and O–H groups in total. The Morgan fingerprint density at radius 2 is 1.95 bits per heavy atom. The maximum atomic E-state index is 11.1. The lowest BCUT2D eigenvalue weighted by Crippen LogP contribution is -2.23. The molecule has 2 aromatic carbocycles. The van der Waals surface area contributed by atoms with Gasteiger partial charge in [0.25, 0.3) is 0 Å². The van der Waals surface area contributed by atoms with Crippen LogP contribution < -0.4 is 14.9 Å². The molecule has 0 unspecified atom stereocenters. The minimum atomic E-state index is -1.04. The van der Waals surface area contributed by atoms with Crippen molar-refractivity contribution in [3.8, 4) is 17.2 Å². The maximum absolute atomic E-state index is 11.1. The van der Waals surface area contributed by atoms with Crippen LogP contribution in [0.4, 0.5) is 0 Å². The zero-order valence-electron chi connectivity index (χ0n) is 12.3. The molecule has 3 rings (SSSR count). The van der Waals surface area contributed by atoms with E-state index in [1.807, 2.05) is 25.0 Å². The highest BCUT2D eigenvalue weighted by atomic mass is 16.5. The predicted molar refractivity (Wildman–Crippen MR) is 82.5 cm³/mol. The number of fused-ring (bicyclic) bond motifs is 1. The van der Waals surface area contributed by atoms with Gasteiger partial charge in [0, 0.05) is 6.07 Å². The van der Waals surface area contributed by atoms with Crippen molar-refractivity contribution in [2.24, 2.45) is 0 Å². The van der Waals surface area contributed by atoms with Gasteiger partial charge in [0.2, 0.25) is 0 Å². The van der Waals surface area contributed by atoms with E-state index in [2.05, 4.69) is 0 Å². The van der Waals surface area contributed by atoms with Crippen LogP contribution in [0.25, 0.3) is 0 Å². The molecule has 0 saturated heterocycles. The Labute approximate surface area is 128 Å². The van der Waals surface area contributed by atoms with Crippen LogP contribution in [0.3, 0.4) is 0 Å². The molecule has 1 heterocycles. The van der Waals surface area contributed by atoms with Crippen molar-refractivity contribution in [1.82, 2.24) is 0 Å². The largest absolute Gasteiger partial charge is 0.496 e. The van der Waals surface area contributed by atoms with E-state index < -0.39 is 5.97 Å². The Balaban J connectivity index is 1.86. The Kier molecular flexibility index (Phi) is 3.77. The second kappa shape index (κ2) is 5.73. The number of aromatic carboxylic acids is 1. The van der Waals surface area contributed by atoms with Crippen molar-refractivity contribution >= 4 is 18.3 Å². The topological polar surface area (TPSA) is 65.0 Å². The molecule has 112 valence electrons. The third-order valence-corrected chi connectivity index (χ3v) is 3.68. The van der Waals surface area contributed by atoms with Gasteiger partial charge in [0.05, 0.1) is 13.7 Å². The van der Waals surface area contributed by atoms with E-state index in [4.69, 9.17) is 19.2 Å². The molecule has 0 atom stereocenters. The van der Waals surface area contributed by atoms with Crippen LogP contribution in [0.2, 0.25) is 6.82 Å². The van der Waals surface area contributed by atoms with Crippen molar-refractivity contribution in [2.75, 3.05) is 7.11 Å². The number of carboxylic acid groups (broad SMARTS) is 1. The summed E-state index contributed by atoms with van der Waals surface area (Å²) in [6.45, 7) is 2.70. The normalized spacial score (nSPS) is 12.9. The van der Waals surface area contributed by atoms with Crippen LogP contribution in [0, 0.1) is 0 Å². The van der Waals surface area contributed by atoms with Crippen LogP contribution in [0.5, 0.6) is 17.2 Å². The van der Waals surface area contributed by atoms with Gasteiger partial charge in [-0.1, -0.05) is 12.9 Å². The zero-order chi connectivity index (χ0) is 15.7. The lowest BCUT2D eigenvalue weighted by molar-refractivity contribution is 0.0693. The number of carboxylic acids is 1. The average Bonchev–Trinajstić information content (AvgIpc) is 2.87. The van der Waals surface area contributed by atoms with Crippen LogP contribution >= 0.6 is 0 Å². The standard InChI is InChI=1S/C16H15BO5/c1-17-14-6-4-11(7-10(14)9-21-17)22-12-3-5-13(16(18)19)15(8-12)20-2/h3-8H,9H2,1-2H3,(H,18,19). The summed E-state index contributed by atoms with van der Waals surface area (Å²) in [5.41, 5.74) is 2.39. The first-order valence-corrected chi connectivity index (χ1v) is 6.92. The van der Waals surface area contributed by atoms with E-state index >= 15 is 0 Å². The highest BCUT2D eigenvalue weighted by molar-refractivity contribution is 6.67. The maximum Gasteiger partial charge on any atom is 0.339 e. The Morgan fingerprint density at radius 3 is 2.68 bits per heavy atom. The van der Waals surface area contributed by atoms with E-state index in [0.717, 1.165) is 5.56 Å². The van der Waals surface area contributed by atoms with Gasteiger partial charge in [0.1, 0.15) is 22.8 Å².